The van der Waals surface area contributed by atoms with Gasteiger partial charge in [-0.05, 0) is 31.8 Å². The van der Waals surface area contributed by atoms with Crippen LogP contribution in [0.1, 0.15) is 12.8 Å². The van der Waals surface area contributed by atoms with E-state index in [9.17, 15) is 0 Å². The molecule has 3 heterocycles. The lowest BCUT2D eigenvalue weighted by atomic mass is 9.86. The minimum atomic E-state index is 0. The van der Waals surface area contributed by atoms with Crippen molar-refractivity contribution < 1.29 is 4.74 Å². The zero-order valence-corrected chi connectivity index (χ0v) is 8.55. The van der Waals surface area contributed by atoms with E-state index in [4.69, 9.17) is 11.2 Å². The Kier molecular flexibility index (Phi) is 4.05. The van der Waals surface area contributed by atoms with Crippen LogP contribution in [0.4, 0.5) is 0 Å². The van der Waals surface area contributed by atoms with Gasteiger partial charge in [-0.25, -0.2) is 0 Å². The average Bonchev–Trinajstić information content (AvgIpc) is 2.17. The number of piperidine rings is 3. The highest BCUT2D eigenvalue weighted by atomic mass is 35.5. The van der Waals surface area contributed by atoms with Gasteiger partial charge in [-0.1, -0.05) is 5.92 Å². The predicted molar refractivity (Wildman–Crippen MR) is 55.0 cm³/mol. The molecule has 3 rings (SSSR count). The van der Waals surface area contributed by atoms with E-state index < -0.39 is 0 Å². The molecule has 0 amide bonds. The molecule has 2 bridgehead atoms. The standard InChI is InChI=1S/C10H15NO.ClH/c1-2-7-12-10-8-11-5-3-9(10)4-6-11;/h1,9-10H,3-8H2;1H/t10-;/m0./s1. The van der Waals surface area contributed by atoms with Gasteiger partial charge in [0.2, 0.25) is 0 Å². The summed E-state index contributed by atoms with van der Waals surface area (Å²) in [5, 5.41) is 0. The fourth-order valence-corrected chi connectivity index (χ4v) is 2.25. The third-order valence-electron chi connectivity index (χ3n) is 2.98. The third kappa shape index (κ3) is 2.37. The Morgan fingerprint density at radius 3 is 2.54 bits per heavy atom. The summed E-state index contributed by atoms with van der Waals surface area (Å²) in [6.07, 6.45) is 8.18. The van der Waals surface area contributed by atoms with Crippen LogP contribution in [-0.4, -0.2) is 37.2 Å². The summed E-state index contributed by atoms with van der Waals surface area (Å²) < 4.78 is 5.59. The lowest BCUT2D eigenvalue weighted by molar-refractivity contribution is -0.0588. The topological polar surface area (TPSA) is 12.5 Å². The first kappa shape index (κ1) is 10.8. The number of fused-ring (bicyclic) bond motifs is 3. The smallest absolute Gasteiger partial charge is 0.107 e. The van der Waals surface area contributed by atoms with E-state index >= 15 is 0 Å². The van der Waals surface area contributed by atoms with Crippen molar-refractivity contribution in [2.75, 3.05) is 26.2 Å². The Morgan fingerprint density at radius 1 is 1.38 bits per heavy atom. The van der Waals surface area contributed by atoms with Crippen molar-refractivity contribution in [2.45, 2.75) is 18.9 Å². The molecule has 0 unspecified atom stereocenters. The van der Waals surface area contributed by atoms with Crippen LogP contribution in [0.3, 0.4) is 0 Å². The number of hydrogen-bond acceptors (Lipinski definition) is 2. The maximum atomic E-state index is 5.59. The zero-order chi connectivity index (χ0) is 8.39. The van der Waals surface area contributed by atoms with E-state index in [0.29, 0.717) is 12.7 Å². The molecule has 0 saturated carbocycles. The average molecular weight is 202 g/mol. The summed E-state index contributed by atoms with van der Waals surface area (Å²) in [6.45, 7) is 4.11. The van der Waals surface area contributed by atoms with Gasteiger partial charge in [-0.15, -0.1) is 18.8 Å². The van der Waals surface area contributed by atoms with E-state index in [1.807, 2.05) is 0 Å². The van der Waals surface area contributed by atoms with E-state index in [2.05, 4.69) is 10.8 Å². The maximum Gasteiger partial charge on any atom is 0.107 e. The fourth-order valence-electron chi connectivity index (χ4n) is 2.25. The van der Waals surface area contributed by atoms with Crippen molar-refractivity contribution >= 4 is 12.4 Å². The van der Waals surface area contributed by atoms with E-state index in [-0.39, 0.29) is 12.4 Å². The summed E-state index contributed by atoms with van der Waals surface area (Å²) in [6, 6.07) is 0. The Labute approximate surface area is 86.0 Å². The molecule has 2 nitrogen and oxygen atoms in total. The molecule has 13 heavy (non-hydrogen) atoms. The molecule has 3 aliphatic rings. The van der Waals surface area contributed by atoms with Gasteiger partial charge in [0, 0.05) is 6.54 Å². The van der Waals surface area contributed by atoms with E-state index in [0.717, 1.165) is 12.5 Å². The van der Waals surface area contributed by atoms with Gasteiger partial charge < -0.3 is 9.64 Å². The third-order valence-corrected chi connectivity index (χ3v) is 2.98. The highest BCUT2D eigenvalue weighted by Crippen LogP contribution is 2.29. The molecule has 1 atom stereocenters. The number of ether oxygens (including phenoxy) is 1. The highest BCUT2D eigenvalue weighted by Gasteiger charge is 2.34. The Morgan fingerprint density at radius 2 is 2.08 bits per heavy atom. The van der Waals surface area contributed by atoms with Gasteiger partial charge in [0.1, 0.15) is 6.61 Å². The predicted octanol–water partition coefficient (Wildman–Crippen LogP) is 1.15. The van der Waals surface area contributed by atoms with Crippen LogP contribution in [0, 0.1) is 18.3 Å². The first-order valence-electron chi connectivity index (χ1n) is 4.67. The molecule has 3 heteroatoms. The SMILES string of the molecule is C#CCO[C@H]1CN2CCC1CC2.Cl. The van der Waals surface area contributed by atoms with Gasteiger partial charge in [0.25, 0.3) is 0 Å². The first-order chi connectivity index (χ1) is 5.90. The van der Waals surface area contributed by atoms with Crippen LogP contribution in [0.2, 0.25) is 0 Å². The summed E-state index contributed by atoms with van der Waals surface area (Å²) in [4.78, 5) is 2.47. The van der Waals surface area contributed by atoms with Gasteiger partial charge in [-0.3, -0.25) is 0 Å². The van der Waals surface area contributed by atoms with Crippen molar-refractivity contribution in [3.05, 3.63) is 0 Å². The van der Waals surface area contributed by atoms with Gasteiger partial charge in [-0.2, -0.15) is 0 Å². The van der Waals surface area contributed by atoms with Gasteiger partial charge in [0.15, 0.2) is 0 Å². The molecule has 0 N–H and O–H groups in total. The first-order valence-corrected chi connectivity index (χ1v) is 4.67. The number of hydrogen-bond donors (Lipinski definition) is 0. The Hall–Kier alpha value is -0.230. The Bertz CT molecular complexity index is 194. The maximum absolute atomic E-state index is 5.59. The number of rotatable bonds is 2. The summed E-state index contributed by atoms with van der Waals surface area (Å²) in [5.41, 5.74) is 0. The van der Waals surface area contributed by atoms with Crippen LogP contribution in [0.25, 0.3) is 0 Å². The fraction of sp³-hybridized carbons (Fsp3) is 0.800. The molecule has 0 spiro atoms. The second-order valence-electron chi connectivity index (χ2n) is 3.69. The normalized spacial score (nSPS) is 36.4. The van der Waals surface area contributed by atoms with Crippen molar-refractivity contribution in [3.8, 4) is 12.3 Å². The van der Waals surface area contributed by atoms with Gasteiger partial charge in [0.05, 0.1) is 6.10 Å². The van der Waals surface area contributed by atoms with Crippen LogP contribution in [0.15, 0.2) is 0 Å². The molecular formula is C10H16ClNO. The van der Waals surface area contributed by atoms with E-state index in [1.165, 1.54) is 25.9 Å². The number of terminal acetylenes is 1. The lowest BCUT2D eigenvalue weighted by Gasteiger charge is -2.44. The quantitative estimate of drug-likeness (QED) is 0.622. The molecule has 0 aromatic heterocycles. The van der Waals surface area contributed by atoms with E-state index in [1.54, 1.807) is 0 Å². The van der Waals surface area contributed by atoms with Crippen molar-refractivity contribution in [2.24, 2.45) is 5.92 Å². The number of halogens is 1. The second kappa shape index (κ2) is 4.85. The molecular weight excluding hydrogens is 186 g/mol. The molecule has 74 valence electrons. The summed E-state index contributed by atoms with van der Waals surface area (Å²) in [5.74, 6) is 3.31. The molecule has 0 aliphatic carbocycles. The molecule has 0 radical (unpaired) electrons. The minimum absolute atomic E-state index is 0. The van der Waals surface area contributed by atoms with Crippen molar-refractivity contribution in [3.63, 3.8) is 0 Å². The van der Waals surface area contributed by atoms with Gasteiger partial charge >= 0.3 is 0 Å². The molecule has 0 aromatic rings. The van der Waals surface area contributed by atoms with Crippen LogP contribution >= 0.6 is 12.4 Å². The largest absolute Gasteiger partial charge is 0.364 e. The van der Waals surface area contributed by atoms with Crippen LogP contribution in [-0.2, 0) is 4.74 Å². The van der Waals surface area contributed by atoms with Crippen LogP contribution < -0.4 is 0 Å². The highest BCUT2D eigenvalue weighted by molar-refractivity contribution is 5.85. The molecule has 3 aliphatic heterocycles. The molecule has 3 fully saturated rings. The zero-order valence-electron chi connectivity index (χ0n) is 7.74. The molecule has 0 aromatic carbocycles. The summed E-state index contributed by atoms with van der Waals surface area (Å²) in [7, 11) is 0. The van der Waals surface area contributed by atoms with Crippen molar-refractivity contribution in [1.82, 2.24) is 4.90 Å². The Balaban J connectivity index is 0.000000845. The monoisotopic (exact) mass is 201 g/mol. The molecule has 3 saturated heterocycles. The van der Waals surface area contributed by atoms with Crippen LogP contribution in [0.5, 0.6) is 0 Å². The summed E-state index contributed by atoms with van der Waals surface area (Å²) >= 11 is 0. The number of nitrogens with zero attached hydrogens (tertiary/aromatic N) is 1. The second-order valence-corrected chi connectivity index (χ2v) is 3.69. The van der Waals surface area contributed by atoms with Crippen molar-refractivity contribution in [1.29, 1.82) is 0 Å². The minimum Gasteiger partial charge on any atom is -0.364 e. The lowest BCUT2D eigenvalue weighted by Crippen LogP contribution is -2.51.